The average Bonchev–Trinajstić information content (AvgIpc) is 3.47. The molecule has 1 saturated carbocycles. The zero-order valence-corrected chi connectivity index (χ0v) is 20.5. The molecule has 2 aromatic heterocycles. The van der Waals surface area contributed by atoms with Gasteiger partial charge in [-0.2, -0.15) is 9.97 Å². The molecule has 0 bridgehead atoms. The third-order valence-electron chi connectivity index (χ3n) is 5.33. The molecule has 1 amide bonds. The van der Waals surface area contributed by atoms with Gasteiger partial charge in [-0.25, -0.2) is 9.20 Å². The molecule has 0 radical (unpaired) electrons. The Bertz CT molecular complexity index is 1070. The van der Waals surface area contributed by atoms with E-state index in [-0.39, 0.29) is 23.5 Å². The molecule has 1 fully saturated rings. The Hall–Kier alpha value is -2.54. The number of rotatable bonds is 10. The summed E-state index contributed by atoms with van der Waals surface area (Å²) >= 11 is 2.82. The maximum atomic E-state index is 12.8. The van der Waals surface area contributed by atoms with Crippen LogP contribution in [-0.2, 0) is 14.3 Å². The van der Waals surface area contributed by atoms with Gasteiger partial charge >= 0.3 is 5.97 Å². The van der Waals surface area contributed by atoms with Crippen LogP contribution in [0.2, 0.25) is 0 Å². The molecule has 11 nitrogen and oxygen atoms in total. The van der Waals surface area contributed by atoms with Crippen LogP contribution in [-0.4, -0.2) is 67.1 Å². The quantitative estimate of drug-likeness (QED) is 0.333. The number of hydrogen-bond donors (Lipinski definition) is 3. The highest BCUT2D eigenvalue weighted by Crippen LogP contribution is 2.49. The summed E-state index contributed by atoms with van der Waals surface area (Å²) < 4.78 is 6.96. The first kappa shape index (κ1) is 23.6. The second-order valence-electron chi connectivity index (χ2n) is 7.54. The topological polar surface area (TPSA) is 135 Å². The highest BCUT2D eigenvalue weighted by atomic mass is 32.2. The van der Waals surface area contributed by atoms with Crippen LogP contribution >= 0.6 is 23.5 Å². The summed E-state index contributed by atoms with van der Waals surface area (Å²) in [5.41, 5.74) is 0.620. The van der Waals surface area contributed by atoms with Crippen molar-refractivity contribution in [3.8, 4) is 0 Å². The Kier molecular flexibility index (Phi) is 7.58. The number of amides is 1. The molecule has 178 valence electrons. The number of nitrogens with zero attached hydrogens (tertiary/aromatic N) is 5. The van der Waals surface area contributed by atoms with E-state index in [0.717, 1.165) is 19.3 Å². The summed E-state index contributed by atoms with van der Waals surface area (Å²) in [6, 6.07) is 0. The standard InChI is InChI=1S/C20H28N8O3S2/c1-4-21-17-24-18(22-5-2)28-19(25-17)26-27-20(28)32-10-13(29)23-15-14(16(30)31-6-3)11-8-7-9-12(11)33-15/h11-12H,4-10H2,1-3H3,(H,23,29)(H2,21,22,24,25,26)/t11-,12+/m1/s1. The SMILES string of the molecule is CCNc1nc(NCC)n2c(SCC(=O)NC3=C(C(=O)OCC)[C@@H]4CCC[C@@H]4S3)nnc2n1. The Labute approximate surface area is 200 Å². The van der Waals surface area contributed by atoms with Crippen LogP contribution in [0.5, 0.6) is 0 Å². The Morgan fingerprint density at radius 1 is 1.15 bits per heavy atom. The fraction of sp³-hybridized carbons (Fsp3) is 0.600. The number of anilines is 2. The summed E-state index contributed by atoms with van der Waals surface area (Å²) in [6.07, 6.45) is 3.09. The van der Waals surface area contributed by atoms with Crippen molar-refractivity contribution in [2.45, 2.75) is 50.4 Å². The van der Waals surface area contributed by atoms with Gasteiger partial charge in [0.15, 0.2) is 5.16 Å². The Morgan fingerprint density at radius 3 is 2.73 bits per heavy atom. The van der Waals surface area contributed by atoms with Crippen LogP contribution in [0.25, 0.3) is 5.78 Å². The Balaban J connectivity index is 1.48. The number of thioether (sulfide) groups is 2. The minimum atomic E-state index is -0.324. The van der Waals surface area contributed by atoms with Gasteiger partial charge in [-0.15, -0.1) is 22.0 Å². The largest absolute Gasteiger partial charge is 0.463 e. The van der Waals surface area contributed by atoms with Crippen LogP contribution in [0.3, 0.4) is 0 Å². The lowest BCUT2D eigenvalue weighted by Crippen LogP contribution is -2.26. The van der Waals surface area contributed by atoms with Crippen LogP contribution < -0.4 is 16.0 Å². The van der Waals surface area contributed by atoms with Crippen molar-refractivity contribution >= 4 is 53.1 Å². The molecule has 0 unspecified atom stereocenters. The molecule has 3 heterocycles. The third-order valence-corrected chi connectivity index (χ3v) is 7.69. The fourth-order valence-electron chi connectivity index (χ4n) is 4.02. The number of nitrogens with one attached hydrogen (secondary N) is 3. The molecule has 2 aliphatic rings. The first-order chi connectivity index (χ1) is 16.0. The van der Waals surface area contributed by atoms with Crippen molar-refractivity contribution < 1.29 is 14.3 Å². The van der Waals surface area contributed by atoms with Crippen LogP contribution in [0.4, 0.5) is 11.9 Å². The summed E-state index contributed by atoms with van der Waals surface area (Å²) in [5, 5.41) is 19.0. The lowest BCUT2D eigenvalue weighted by molar-refractivity contribution is -0.139. The van der Waals surface area contributed by atoms with Gasteiger partial charge in [-0.3, -0.25) is 4.79 Å². The van der Waals surface area contributed by atoms with Crippen LogP contribution in [0.15, 0.2) is 15.8 Å². The van der Waals surface area contributed by atoms with Crippen molar-refractivity contribution in [2.24, 2.45) is 5.92 Å². The van der Waals surface area contributed by atoms with Crippen molar-refractivity contribution in [2.75, 3.05) is 36.1 Å². The monoisotopic (exact) mass is 492 g/mol. The molecular formula is C20H28N8O3S2. The van der Waals surface area contributed by atoms with Crippen molar-refractivity contribution in [1.82, 2.24) is 29.9 Å². The maximum absolute atomic E-state index is 12.8. The number of carbonyl (C=O) groups excluding carboxylic acids is 2. The van der Waals surface area contributed by atoms with E-state index in [1.165, 1.54) is 11.8 Å². The van der Waals surface area contributed by atoms with Gasteiger partial charge in [0.25, 0.3) is 5.78 Å². The minimum Gasteiger partial charge on any atom is -0.463 e. The molecule has 1 aliphatic carbocycles. The smallest absolute Gasteiger partial charge is 0.336 e. The summed E-state index contributed by atoms with van der Waals surface area (Å²) in [6.45, 7) is 7.37. The van der Waals surface area contributed by atoms with E-state index in [4.69, 9.17) is 4.74 Å². The van der Waals surface area contributed by atoms with E-state index < -0.39 is 0 Å². The molecule has 0 spiro atoms. The van der Waals surface area contributed by atoms with Gasteiger partial charge in [-0.1, -0.05) is 18.2 Å². The van der Waals surface area contributed by atoms with Gasteiger partial charge in [0, 0.05) is 24.3 Å². The number of esters is 1. The van der Waals surface area contributed by atoms with Gasteiger partial charge < -0.3 is 20.7 Å². The lowest BCUT2D eigenvalue weighted by Gasteiger charge is -2.12. The predicted molar refractivity (Wildman–Crippen MR) is 128 cm³/mol. The van der Waals surface area contributed by atoms with Crippen molar-refractivity contribution in [3.05, 3.63) is 10.6 Å². The molecule has 1 aliphatic heterocycles. The van der Waals surface area contributed by atoms with Crippen molar-refractivity contribution in [1.29, 1.82) is 0 Å². The van der Waals surface area contributed by atoms with E-state index in [1.54, 1.807) is 23.1 Å². The van der Waals surface area contributed by atoms with E-state index >= 15 is 0 Å². The zero-order chi connectivity index (χ0) is 23.4. The van der Waals surface area contributed by atoms with Gasteiger partial charge in [-0.05, 0) is 33.6 Å². The van der Waals surface area contributed by atoms with E-state index in [2.05, 4.69) is 36.1 Å². The highest BCUT2D eigenvalue weighted by Gasteiger charge is 2.43. The zero-order valence-electron chi connectivity index (χ0n) is 18.9. The summed E-state index contributed by atoms with van der Waals surface area (Å²) in [7, 11) is 0. The van der Waals surface area contributed by atoms with Gasteiger partial charge in [0.05, 0.1) is 23.0 Å². The molecule has 13 heteroatoms. The molecule has 0 aromatic carbocycles. The molecule has 33 heavy (non-hydrogen) atoms. The van der Waals surface area contributed by atoms with E-state index in [1.807, 2.05) is 13.8 Å². The second kappa shape index (κ2) is 10.6. The molecular weight excluding hydrogens is 464 g/mol. The third kappa shape index (κ3) is 5.03. The van der Waals surface area contributed by atoms with Gasteiger partial charge in [0.2, 0.25) is 17.8 Å². The number of fused-ring (bicyclic) bond motifs is 2. The Morgan fingerprint density at radius 2 is 1.97 bits per heavy atom. The molecule has 4 rings (SSSR count). The molecule has 2 aromatic rings. The molecule has 0 saturated heterocycles. The average molecular weight is 493 g/mol. The van der Waals surface area contributed by atoms with Crippen LogP contribution in [0, 0.1) is 5.92 Å². The molecule has 3 N–H and O–H groups in total. The first-order valence-electron chi connectivity index (χ1n) is 11.2. The summed E-state index contributed by atoms with van der Waals surface area (Å²) in [5.74, 6) is 1.14. The number of carbonyl (C=O) groups is 2. The van der Waals surface area contributed by atoms with E-state index in [0.29, 0.717) is 58.4 Å². The fourth-order valence-corrected chi connectivity index (χ4v) is 6.31. The second-order valence-corrected chi connectivity index (χ2v) is 9.74. The normalized spacial score (nSPS) is 19.6. The highest BCUT2D eigenvalue weighted by molar-refractivity contribution is 8.04. The lowest BCUT2D eigenvalue weighted by atomic mass is 9.98. The number of ether oxygens (including phenoxy) is 1. The number of hydrogen-bond acceptors (Lipinski definition) is 11. The minimum absolute atomic E-state index is 0.108. The van der Waals surface area contributed by atoms with Crippen LogP contribution in [0.1, 0.15) is 40.0 Å². The maximum Gasteiger partial charge on any atom is 0.336 e. The van der Waals surface area contributed by atoms with Crippen molar-refractivity contribution in [3.63, 3.8) is 0 Å². The predicted octanol–water partition coefficient (Wildman–Crippen LogP) is 2.28. The van der Waals surface area contributed by atoms with E-state index in [9.17, 15) is 9.59 Å². The first-order valence-corrected chi connectivity index (χ1v) is 13.0. The molecule has 2 atom stereocenters. The number of aromatic nitrogens is 5. The summed E-state index contributed by atoms with van der Waals surface area (Å²) in [4.78, 5) is 34.2. The van der Waals surface area contributed by atoms with Gasteiger partial charge in [0.1, 0.15) is 0 Å².